The van der Waals surface area contributed by atoms with Crippen LogP contribution in [0.25, 0.3) is 0 Å². The van der Waals surface area contributed by atoms with Gasteiger partial charge < -0.3 is 10.2 Å². The van der Waals surface area contributed by atoms with Gasteiger partial charge in [-0.05, 0) is 37.6 Å². The van der Waals surface area contributed by atoms with E-state index >= 15 is 0 Å². The Morgan fingerprint density at radius 1 is 1.23 bits per heavy atom. The number of nitrogens with one attached hydrogen (secondary N) is 2. The van der Waals surface area contributed by atoms with Crippen LogP contribution in [0.3, 0.4) is 0 Å². The lowest BCUT2D eigenvalue weighted by Crippen LogP contribution is -2.61. The predicted octanol–water partition coefficient (Wildman–Crippen LogP) is 3.60. The van der Waals surface area contributed by atoms with E-state index < -0.39 is 17.0 Å². The molecule has 10 heteroatoms. The van der Waals surface area contributed by atoms with Crippen molar-refractivity contribution in [2.75, 3.05) is 23.7 Å². The molecule has 2 N–H and O–H groups in total. The van der Waals surface area contributed by atoms with Crippen molar-refractivity contribution in [2.45, 2.75) is 30.6 Å². The highest BCUT2D eigenvalue weighted by molar-refractivity contribution is 7.99. The molecule has 5 rings (SSSR count). The summed E-state index contributed by atoms with van der Waals surface area (Å²) in [4.78, 5) is 27.5. The van der Waals surface area contributed by atoms with E-state index in [0.717, 1.165) is 17.5 Å². The van der Waals surface area contributed by atoms with Crippen LogP contribution in [0.1, 0.15) is 35.5 Å². The number of anilines is 1. The molecule has 7 nitrogen and oxygen atoms in total. The van der Waals surface area contributed by atoms with Crippen molar-refractivity contribution in [3.8, 4) is 0 Å². The minimum atomic E-state index is -1.93. The van der Waals surface area contributed by atoms with Gasteiger partial charge in [0, 0.05) is 42.7 Å². The van der Waals surface area contributed by atoms with Gasteiger partial charge in [0.2, 0.25) is 5.95 Å². The van der Waals surface area contributed by atoms with E-state index in [1.54, 1.807) is 30.1 Å². The van der Waals surface area contributed by atoms with Crippen LogP contribution in [0, 0.1) is 11.7 Å². The van der Waals surface area contributed by atoms with Crippen LogP contribution in [0.4, 0.5) is 14.7 Å². The molecular formula is C25H26F2N6OS. The number of nitrogens with zero attached hydrogens (tertiary/aromatic N) is 4. The van der Waals surface area contributed by atoms with Crippen molar-refractivity contribution < 1.29 is 13.6 Å². The fraction of sp³-hybridized carbons (Fsp3) is 0.360. The lowest BCUT2D eigenvalue weighted by molar-refractivity contribution is 0.0933. The summed E-state index contributed by atoms with van der Waals surface area (Å²) < 4.78 is 28.8. The maximum absolute atomic E-state index is 14.6. The van der Waals surface area contributed by atoms with E-state index in [-0.39, 0.29) is 29.0 Å². The Balaban J connectivity index is 1.45. The molecule has 35 heavy (non-hydrogen) atoms. The molecule has 182 valence electrons. The van der Waals surface area contributed by atoms with Crippen molar-refractivity contribution in [3.63, 3.8) is 0 Å². The fourth-order valence-electron chi connectivity index (χ4n) is 4.75. The van der Waals surface area contributed by atoms with E-state index in [1.165, 1.54) is 13.8 Å². The highest BCUT2D eigenvalue weighted by Gasteiger charge is 2.52. The number of alkyl halides is 1. The minimum Gasteiger partial charge on any atom is -0.338 e. The van der Waals surface area contributed by atoms with Gasteiger partial charge in [0.15, 0.2) is 5.82 Å². The molecule has 0 bridgehead atoms. The highest BCUT2D eigenvalue weighted by Crippen LogP contribution is 2.44. The zero-order chi connectivity index (χ0) is 24.6. The maximum Gasteiger partial charge on any atom is 0.253 e. The standard InChI is InChI=1S/C25H26F2N6OS/c1-24(2,27)20-19(26)12-29-22(30-20)33-13-18-14-35-23(31-21(34)16-7-4-3-5-8-16)32-25(18,15-33)17-9-6-10-28-11-17/h3-12,18,23,32H,13-15H2,1-2H3,(H,31,34)/t18-,23?,25+/m0/s1. The number of rotatable bonds is 5. The molecule has 1 aromatic carbocycles. The number of carbonyl (C=O) groups is 1. The maximum atomic E-state index is 14.6. The zero-order valence-corrected chi connectivity index (χ0v) is 20.2. The van der Waals surface area contributed by atoms with Gasteiger partial charge >= 0.3 is 0 Å². The summed E-state index contributed by atoms with van der Waals surface area (Å²) in [6.07, 6.45) is 4.56. The summed E-state index contributed by atoms with van der Waals surface area (Å²) in [6.45, 7) is 3.61. The smallest absolute Gasteiger partial charge is 0.253 e. The summed E-state index contributed by atoms with van der Waals surface area (Å²) in [5.41, 5.74) is -1.54. The first-order valence-electron chi connectivity index (χ1n) is 11.4. The first kappa shape index (κ1) is 23.6. The Kier molecular flexibility index (Phi) is 6.18. The van der Waals surface area contributed by atoms with E-state index in [1.807, 2.05) is 41.4 Å². The highest BCUT2D eigenvalue weighted by atomic mass is 32.2. The van der Waals surface area contributed by atoms with Crippen molar-refractivity contribution in [1.29, 1.82) is 0 Å². The van der Waals surface area contributed by atoms with Crippen LogP contribution in [0.5, 0.6) is 0 Å². The van der Waals surface area contributed by atoms with Gasteiger partial charge in [-0.25, -0.2) is 18.7 Å². The number of hydrogen-bond acceptors (Lipinski definition) is 7. The van der Waals surface area contributed by atoms with Crippen LogP contribution in [-0.2, 0) is 11.2 Å². The molecule has 0 aliphatic carbocycles. The Morgan fingerprint density at radius 3 is 2.74 bits per heavy atom. The summed E-state index contributed by atoms with van der Waals surface area (Å²) in [6, 6.07) is 13.0. The summed E-state index contributed by atoms with van der Waals surface area (Å²) in [7, 11) is 0. The average molecular weight is 497 g/mol. The van der Waals surface area contributed by atoms with Crippen molar-refractivity contribution in [1.82, 2.24) is 25.6 Å². The second-order valence-corrected chi connectivity index (χ2v) is 10.5. The Bertz CT molecular complexity index is 1210. The van der Waals surface area contributed by atoms with Crippen LogP contribution in [0.2, 0.25) is 0 Å². The molecule has 2 aliphatic heterocycles. The number of carbonyl (C=O) groups excluding carboxylic acids is 1. The van der Waals surface area contributed by atoms with E-state index in [2.05, 4.69) is 25.6 Å². The van der Waals surface area contributed by atoms with Crippen molar-refractivity contribution in [2.24, 2.45) is 5.92 Å². The fourth-order valence-corrected chi connectivity index (χ4v) is 6.05. The molecule has 2 aromatic heterocycles. The van der Waals surface area contributed by atoms with Crippen LogP contribution < -0.4 is 15.5 Å². The molecule has 0 saturated carbocycles. The molecular weight excluding hydrogens is 470 g/mol. The normalized spacial score (nSPS) is 24.2. The summed E-state index contributed by atoms with van der Waals surface area (Å²) in [5, 5.41) is 6.72. The molecule has 3 aromatic rings. The van der Waals surface area contributed by atoms with E-state index in [9.17, 15) is 13.6 Å². The number of thioether (sulfide) groups is 1. The third-order valence-corrected chi connectivity index (χ3v) is 7.65. The number of amides is 1. The second kappa shape index (κ2) is 9.16. The molecule has 2 saturated heterocycles. The van der Waals surface area contributed by atoms with E-state index in [4.69, 9.17) is 0 Å². The number of aromatic nitrogens is 3. The number of fused-ring (bicyclic) bond motifs is 1. The molecule has 1 unspecified atom stereocenters. The molecule has 2 aliphatic rings. The Labute approximate surface area is 206 Å². The summed E-state index contributed by atoms with van der Waals surface area (Å²) >= 11 is 1.61. The minimum absolute atomic E-state index is 0.122. The van der Waals surface area contributed by atoms with Crippen LogP contribution >= 0.6 is 11.8 Å². The Hall–Kier alpha value is -3.11. The quantitative estimate of drug-likeness (QED) is 0.559. The first-order chi connectivity index (χ1) is 16.8. The predicted molar refractivity (Wildman–Crippen MR) is 131 cm³/mol. The molecule has 2 fully saturated rings. The van der Waals surface area contributed by atoms with Gasteiger partial charge in [-0.2, -0.15) is 0 Å². The molecule has 0 radical (unpaired) electrons. The van der Waals surface area contributed by atoms with Gasteiger partial charge in [0.1, 0.15) is 16.9 Å². The second-order valence-electron chi connectivity index (χ2n) is 9.33. The number of hydrogen-bond donors (Lipinski definition) is 2. The third-order valence-electron chi connectivity index (χ3n) is 6.48. The van der Waals surface area contributed by atoms with Crippen LogP contribution in [0.15, 0.2) is 61.1 Å². The number of halogens is 2. The SMILES string of the molecule is CC(C)(F)c1nc(N2C[C@H]3CSC(NC(=O)c4ccccc4)N[C@@]3(c3cccnc3)C2)ncc1F. The zero-order valence-electron chi connectivity index (χ0n) is 19.4. The van der Waals surface area contributed by atoms with Gasteiger partial charge in [0.25, 0.3) is 5.91 Å². The summed E-state index contributed by atoms with van der Waals surface area (Å²) in [5.74, 6) is 0.221. The van der Waals surface area contributed by atoms with Gasteiger partial charge in [-0.3, -0.25) is 15.1 Å². The van der Waals surface area contributed by atoms with Gasteiger partial charge in [-0.1, -0.05) is 24.3 Å². The lowest BCUT2D eigenvalue weighted by atomic mass is 9.82. The van der Waals surface area contributed by atoms with Crippen LogP contribution in [-0.4, -0.2) is 45.2 Å². The molecule has 4 heterocycles. The Morgan fingerprint density at radius 2 is 2.03 bits per heavy atom. The monoisotopic (exact) mass is 496 g/mol. The number of pyridine rings is 1. The molecule has 1 amide bonds. The largest absolute Gasteiger partial charge is 0.338 e. The van der Waals surface area contributed by atoms with Gasteiger partial charge in [0.05, 0.1) is 11.7 Å². The third kappa shape index (κ3) is 4.60. The lowest BCUT2D eigenvalue weighted by Gasteiger charge is -2.43. The van der Waals surface area contributed by atoms with Crippen molar-refractivity contribution in [3.05, 3.63) is 83.7 Å². The molecule has 3 atom stereocenters. The average Bonchev–Trinajstić information content (AvgIpc) is 3.25. The van der Waals surface area contributed by atoms with Gasteiger partial charge in [-0.15, -0.1) is 11.8 Å². The van der Waals surface area contributed by atoms with Crippen molar-refractivity contribution >= 4 is 23.6 Å². The molecule has 0 spiro atoms. The first-order valence-corrected chi connectivity index (χ1v) is 12.4. The topological polar surface area (TPSA) is 83.0 Å². The van der Waals surface area contributed by atoms with E-state index in [0.29, 0.717) is 18.7 Å². The number of benzene rings is 1.